The number of hydrogen-bond acceptors (Lipinski definition) is 11. The number of rotatable bonds is 9. The van der Waals surface area contributed by atoms with Crippen LogP contribution in [0.3, 0.4) is 0 Å². The van der Waals surface area contributed by atoms with Gasteiger partial charge in [-0.3, -0.25) is 29.0 Å². The molecule has 0 aliphatic carbocycles. The van der Waals surface area contributed by atoms with Crippen molar-refractivity contribution in [3.63, 3.8) is 0 Å². The van der Waals surface area contributed by atoms with Crippen molar-refractivity contribution in [3.05, 3.63) is 35.9 Å². The average Bonchev–Trinajstić information content (AvgIpc) is 4.39. The molecule has 8 aliphatic heterocycles. The average molecular weight is 1210 g/mol. The Bertz CT molecular complexity index is 1730. The summed E-state index contributed by atoms with van der Waals surface area (Å²) in [5, 5.41) is 3.33. The fourth-order valence-electron chi connectivity index (χ4n) is 10.9. The van der Waals surface area contributed by atoms with Gasteiger partial charge in [-0.2, -0.15) is 0 Å². The molecular formula is C71H139N9O6. The highest BCUT2D eigenvalue weighted by molar-refractivity contribution is 5.79. The molecule has 8 heterocycles. The number of piperazine rings is 1. The van der Waals surface area contributed by atoms with Gasteiger partial charge in [-0.1, -0.05) is 92.1 Å². The van der Waals surface area contributed by atoms with Crippen molar-refractivity contribution in [2.45, 2.75) is 258 Å². The number of nitrogens with one attached hydrogen (secondary N) is 1. The molecule has 1 N–H and O–H groups in total. The first-order valence-corrected chi connectivity index (χ1v) is 34.9. The van der Waals surface area contributed by atoms with Crippen LogP contribution in [0.1, 0.15) is 227 Å². The molecule has 0 atom stereocenters. The van der Waals surface area contributed by atoms with Crippen LogP contribution in [-0.2, 0) is 28.7 Å². The number of piperidine rings is 2. The van der Waals surface area contributed by atoms with Crippen LogP contribution in [0.15, 0.2) is 30.3 Å². The van der Waals surface area contributed by atoms with E-state index in [4.69, 9.17) is 9.47 Å². The van der Waals surface area contributed by atoms with Gasteiger partial charge in [0.25, 0.3) is 0 Å². The summed E-state index contributed by atoms with van der Waals surface area (Å²) < 4.78 is 10.3. The van der Waals surface area contributed by atoms with Gasteiger partial charge in [0.2, 0.25) is 23.6 Å². The molecule has 8 fully saturated rings. The van der Waals surface area contributed by atoms with Crippen LogP contribution in [0.4, 0.5) is 0 Å². The van der Waals surface area contributed by atoms with Crippen LogP contribution >= 0.6 is 0 Å². The summed E-state index contributed by atoms with van der Waals surface area (Å²) in [4.78, 5) is 62.5. The number of morpholine rings is 2. The van der Waals surface area contributed by atoms with E-state index in [0.717, 1.165) is 122 Å². The topological polar surface area (TPSA) is 125 Å². The van der Waals surface area contributed by atoms with Gasteiger partial charge in [-0.25, -0.2) is 0 Å². The lowest BCUT2D eigenvalue weighted by Crippen LogP contribution is -2.46. The first-order valence-electron chi connectivity index (χ1n) is 34.9. The van der Waals surface area contributed by atoms with Gasteiger partial charge in [0, 0.05) is 139 Å². The minimum atomic E-state index is 0.119. The Morgan fingerprint density at radius 2 is 0.698 bits per heavy atom. The van der Waals surface area contributed by atoms with E-state index in [0.29, 0.717) is 55.0 Å². The van der Waals surface area contributed by atoms with Gasteiger partial charge in [-0.05, 0) is 179 Å². The molecule has 15 heteroatoms. The SMILES string of the molecule is CC.CC(C)C(=O)N1CCCC1.CC(C)C(=O)N1CCOCC1.CC(C)N1CCCC1.CC(C)N1CCCC1=O.CC(C)N1CCCCC1.CC(C)N1CCCCC1=O.CC(C)N1CCNCC1.CC(C)N1CCOCC1.CC(C)c1ccccc1. The zero-order valence-corrected chi connectivity index (χ0v) is 59.7. The molecule has 15 nitrogen and oxygen atoms in total. The Morgan fingerprint density at radius 1 is 0.372 bits per heavy atom. The van der Waals surface area contributed by atoms with Gasteiger partial charge < -0.3 is 44.2 Å². The first-order chi connectivity index (χ1) is 40.9. The van der Waals surface area contributed by atoms with Gasteiger partial charge in [0.05, 0.1) is 26.4 Å². The molecule has 504 valence electrons. The van der Waals surface area contributed by atoms with Crippen LogP contribution in [0, 0.1) is 11.8 Å². The maximum Gasteiger partial charge on any atom is 0.225 e. The Hall–Kier alpha value is -3.18. The Balaban J connectivity index is 0.000000942. The van der Waals surface area contributed by atoms with Crippen LogP contribution in [-0.4, -0.2) is 230 Å². The van der Waals surface area contributed by atoms with Crippen molar-refractivity contribution in [1.29, 1.82) is 0 Å². The highest BCUT2D eigenvalue weighted by Gasteiger charge is 2.24. The lowest BCUT2D eigenvalue weighted by molar-refractivity contribution is -0.138. The van der Waals surface area contributed by atoms with Crippen LogP contribution in [0.5, 0.6) is 0 Å². The van der Waals surface area contributed by atoms with E-state index < -0.39 is 0 Å². The summed E-state index contributed by atoms with van der Waals surface area (Å²) in [6, 6.07) is 14.3. The maximum atomic E-state index is 11.4. The van der Waals surface area contributed by atoms with Crippen molar-refractivity contribution in [2.75, 3.05) is 131 Å². The molecule has 0 aromatic heterocycles. The van der Waals surface area contributed by atoms with E-state index in [9.17, 15) is 19.2 Å². The van der Waals surface area contributed by atoms with Gasteiger partial charge in [0.15, 0.2) is 0 Å². The maximum absolute atomic E-state index is 11.4. The molecule has 86 heavy (non-hydrogen) atoms. The van der Waals surface area contributed by atoms with E-state index in [1.165, 1.54) is 96.2 Å². The minimum absolute atomic E-state index is 0.119. The fourth-order valence-corrected chi connectivity index (χ4v) is 10.9. The summed E-state index contributed by atoms with van der Waals surface area (Å²) in [5.41, 5.74) is 1.41. The van der Waals surface area contributed by atoms with Crippen molar-refractivity contribution < 1.29 is 28.7 Å². The Kier molecular flexibility index (Phi) is 48.7. The van der Waals surface area contributed by atoms with Crippen molar-refractivity contribution >= 4 is 23.6 Å². The predicted octanol–water partition coefficient (Wildman–Crippen LogP) is 12.4. The van der Waals surface area contributed by atoms with Crippen LogP contribution < -0.4 is 5.32 Å². The summed E-state index contributed by atoms with van der Waals surface area (Å²) in [6.45, 7) is 63.5. The van der Waals surface area contributed by atoms with Crippen molar-refractivity contribution in [1.82, 2.24) is 44.5 Å². The lowest BCUT2D eigenvalue weighted by atomic mass is 10.0. The highest BCUT2D eigenvalue weighted by Crippen LogP contribution is 2.16. The third kappa shape index (κ3) is 38.4. The lowest BCUT2D eigenvalue weighted by Gasteiger charge is -2.30. The monoisotopic (exact) mass is 1210 g/mol. The zero-order valence-electron chi connectivity index (χ0n) is 59.7. The minimum Gasteiger partial charge on any atom is -0.379 e. The van der Waals surface area contributed by atoms with E-state index in [1.807, 2.05) is 67.2 Å². The number of nitrogens with zero attached hydrogens (tertiary/aromatic N) is 8. The van der Waals surface area contributed by atoms with E-state index >= 15 is 0 Å². The molecule has 1 aromatic rings. The number of ether oxygens (including phenoxy) is 2. The molecule has 0 spiro atoms. The molecular weight excluding hydrogens is 1070 g/mol. The van der Waals surface area contributed by atoms with Gasteiger partial charge >= 0.3 is 0 Å². The van der Waals surface area contributed by atoms with Crippen molar-refractivity contribution in [3.8, 4) is 0 Å². The molecule has 0 radical (unpaired) electrons. The molecule has 8 aliphatic rings. The number of likely N-dealkylation sites (tertiary alicyclic amines) is 5. The number of benzene rings is 1. The largest absolute Gasteiger partial charge is 0.379 e. The second-order valence-electron chi connectivity index (χ2n) is 26.4. The zero-order chi connectivity index (χ0) is 65.0. The number of hydrogen-bond donors (Lipinski definition) is 1. The molecule has 8 saturated heterocycles. The fraction of sp³-hybridized carbons (Fsp3) is 0.859. The summed E-state index contributed by atoms with van der Waals surface area (Å²) in [5.74, 6) is 2.18. The number of carbonyl (C=O) groups excluding carboxylic acids is 4. The second kappa shape index (κ2) is 50.6. The van der Waals surface area contributed by atoms with Crippen LogP contribution in [0.2, 0.25) is 0 Å². The highest BCUT2D eigenvalue weighted by atomic mass is 16.5. The van der Waals surface area contributed by atoms with Crippen LogP contribution in [0.25, 0.3) is 0 Å². The van der Waals surface area contributed by atoms with Crippen molar-refractivity contribution in [2.24, 2.45) is 11.8 Å². The summed E-state index contributed by atoms with van der Waals surface area (Å²) in [7, 11) is 0. The van der Waals surface area contributed by atoms with Gasteiger partial charge in [-0.15, -0.1) is 0 Å². The molecule has 4 amide bonds. The first kappa shape index (κ1) is 82.8. The third-order valence-corrected chi connectivity index (χ3v) is 16.6. The quantitative estimate of drug-likeness (QED) is 0.254. The Morgan fingerprint density at radius 3 is 1.00 bits per heavy atom. The number of amides is 4. The van der Waals surface area contributed by atoms with E-state index in [1.54, 1.807) is 0 Å². The summed E-state index contributed by atoms with van der Waals surface area (Å²) >= 11 is 0. The smallest absolute Gasteiger partial charge is 0.225 e. The van der Waals surface area contributed by atoms with E-state index in [2.05, 4.69) is 146 Å². The van der Waals surface area contributed by atoms with E-state index in [-0.39, 0.29) is 17.7 Å². The summed E-state index contributed by atoms with van der Waals surface area (Å²) in [6.07, 6.45) is 14.3. The van der Waals surface area contributed by atoms with Gasteiger partial charge in [0.1, 0.15) is 0 Å². The normalized spacial score (nSPS) is 19.5. The predicted molar refractivity (Wildman–Crippen MR) is 365 cm³/mol. The standard InChI is InChI=1S/C9H12.C8H15NO2.2C8H15NO.C8H17N.C7H16N2.C7H15NO.C7H13NO.C7H15N.C2H6/c1-8(2)9-6-4-3-5-7-9;1-7(2)8(10)9-3-5-11-6-4-9;1-7(2)8(10)9-5-3-4-6-9;1-7(2)9-6-4-3-5-8(9)10;1-8(2)9-6-4-3-5-7-9;1-7(2)9-5-3-8-4-6-9;1-7(2)8-3-5-9-6-4-8;1-6(2)8-5-3-4-7(8)9;1-7(2)8-5-3-4-6-8;1-2/h3-8H,1-2H3;7H,3-6H2,1-2H3;2*7H,3-6H2,1-2H3;8H,3-7H2,1-2H3;7-8H,3-6H2,1-2H3;7H,3-6H2,1-2H3;6H,3-5H2,1-2H3;7H,3-6H2,1-2H3;1-2H3. The number of carbonyl (C=O) groups is 4. The molecule has 0 unspecified atom stereocenters. The molecule has 1 aromatic carbocycles. The molecule has 0 saturated carbocycles. The second-order valence-corrected chi connectivity index (χ2v) is 26.4. The Labute approximate surface area is 531 Å². The molecule has 9 rings (SSSR count). The molecule has 0 bridgehead atoms. The third-order valence-electron chi connectivity index (χ3n) is 16.6.